The van der Waals surface area contributed by atoms with Gasteiger partial charge < -0.3 is 20.9 Å². The summed E-state index contributed by atoms with van der Waals surface area (Å²) in [5.74, 6) is -0.553. The van der Waals surface area contributed by atoms with E-state index in [9.17, 15) is 9.59 Å². The lowest BCUT2D eigenvalue weighted by Crippen LogP contribution is -2.20. The molecule has 1 heterocycles. The number of hydrogen-bond donors (Lipinski definition) is 3. The highest BCUT2D eigenvalue weighted by Crippen LogP contribution is 2.32. The Morgan fingerprint density at radius 1 is 1.18 bits per heavy atom. The molecule has 0 fully saturated rings. The molecule has 0 saturated heterocycles. The van der Waals surface area contributed by atoms with Gasteiger partial charge in [0.1, 0.15) is 5.69 Å². The zero-order valence-corrected chi connectivity index (χ0v) is 11.8. The Balaban J connectivity index is 2.38. The number of nitrogens with two attached hydrogens (primary N) is 2. The number of aromatic amines is 1. The molecule has 5 N–H and O–H groups in total. The smallest absolute Gasteiger partial charge is 0.271 e. The summed E-state index contributed by atoms with van der Waals surface area (Å²) in [5, 5.41) is 9.96. The van der Waals surface area contributed by atoms with Crippen molar-refractivity contribution in [2.45, 2.75) is 6.92 Å². The van der Waals surface area contributed by atoms with E-state index >= 15 is 0 Å². The summed E-state index contributed by atoms with van der Waals surface area (Å²) >= 11 is 0. The maximum Gasteiger partial charge on any atom is 0.271 e. The predicted molar refractivity (Wildman–Crippen MR) is 76.2 cm³/mol. The van der Waals surface area contributed by atoms with Gasteiger partial charge in [0, 0.05) is 5.56 Å². The first-order valence-electron chi connectivity index (χ1n) is 6.41. The summed E-state index contributed by atoms with van der Waals surface area (Å²) in [7, 11) is 0. The zero-order valence-electron chi connectivity index (χ0n) is 11.8. The van der Waals surface area contributed by atoms with Crippen molar-refractivity contribution in [1.29, 1.82) is 0 Å². The molecule has 116 valence electrons. The van der Waals surface area contributed by atoms with Crippen LogP contribution in [-0.2, 0) is 4.79 Å². The first-order chi connectivity index (χ1) is 10.5. The van der Waals surface area contributed by atoms with Crippen molar-refractivity contribution in [3.8, 4) is 22.8 Å². The van der Waals surface area contributed by atoms with Crippen LogP contribution >= 0.6 is 0 Å². The summed E-state index contributed by atoms with van der Waals surface area (Å²) in [6.07, 6.45) is 0. The quantitative estimate of drug-likeness (QED) is 0.647. The monoisotopic (exact) mass is 305 g/mol. The molecule has 0 spiro atoms. The zero-order chi connectivity index (χ0) is 16.1. The van der Waals surface area contributed by atoms with Crippen LogP contribution in [0.25, 0.3) is 11.3 Å². The summed E-state index contributed by atoms with van der Waals surface area (Å²) in [5.41, 5.74) is 11.2. The van der Waals surface area contributed by atoms with Crippen LogP contribution in [0.2, 0.25) is 0 Å². The van der Waals surface area contributed by atoms with Gasteiger partial charge in [0.15, 0.2) is 23.8 Å². The lowest BCUT2D eigenvalue weighted by Gasteiger charge is -2.12. The highest BCUT2D eigenvalue weighted by molar-refractivity contribution is 5.96. The molecule has 0 aliphatic heterocycles. The number of ether oxygens (including phenoxy) is 2. The third kappa shape index (κ3) is 3.32. The highest BCUT2D eigenvalue weighted by Gasteiger charge is 2.17. The van der Waals surface area contributed by atoms with E-state index in [4.69, 9.17) is 20.9 Å². The van der Waals surface area contributed by atoms with Crippen molar-refractivity contribution in [2.24, 2.45) is 11.5 Å². The van der Waals surface area contributed by atoms with Crippen molar-refractivity contribution < 1.29 is 19.1 Å². The number of nitrogens with zero attached hydrogens (tertiary/aromatic N) is 2. The Hall–Kier alpha value is -3.10. The van der Waals surface area contributed by atoms with Crippen LogP contribution in [0.5, 0.6) is 11.5 Å². The van der Waals surface area contributed by atoms with E-state index in [2.05, 4.69) is 15.4 Å². The molecule has 9 nitrogen and oxygen atoms in total. The maximum absolute atomic E-state index is 11.3. The summed E-state index contributed by atoms with van der Waals surface area (Å²) in [6.45, 7) is 1.92. The number of H-pyrrole nitrogens is 1. The maximum atomic E-state index is 11.3. The van der Waals surface area contributed by atoms with Crippen LogP contribution < -0.4 is 20.9 Å². The van der Waals surface area contributed by atoms with E-state index in [-0.39, 0.29) is 12.3 Å². The van der Waals surface area contributed by atoms with E-state index in [1.54, 1.807) is 25.1 Å². The van der Waals surface area contributed by atoms with E-state index < -0.39 is 11.8 Å². The van der Waals surface area contributed by atoms with Gasteiger partial charge in [0.25, 0.3) is 11.8 Å². The first kappa shape index (κ1) is 15.3. The molecule has 0 atom stereocenters. The molecule has 2 amide bonds. The minimum atomic E-state index is -0.698. The number of amides is 2. The standard InChI is InChI=1S/C13H15N5O4/c1-2-21-9-5-7(3-4-8(9)22-6-10(14)19)11-12(13(15)20)17-18-16-11/h3-5H,2,6H2,1H3,(H2,14,19)(H2,15,20)(H,16,17,18). The SMILES string of the molecule is CCOc1cc(-c2n[nH]nc2C(N)=O)ccc1OCC(N)=O. The third-order valence-electron chi connectivity index (χ3n) is 2.67. The number of nitrogens with one attached hydrogen (secondary N) is 1. The number of benzene rings is 1. The molecule has 0 saturated carbocycles. The Morgan fingerprint density at radius 3 is 2.59 bits per heavy atom. The van der Waals surface area contributed by atoms with Gasteiger partial charge >= 0.3 is 0 Å². The van der Waals surface area contributed by atoms with Gasteiger partial charge in [0.05, 0.1) is 6.61 Å². The third-order valence-corrected chi connectivity index (χ3v) is 2.67. The lowest BCUT2D eigenvalue weighted by molar-refractivity contribution is -0.119. The molecule has 2 aromatic rings. The lowest BCUT2D eigenvalue weighted by atomic mass is 10.1. The fraction of sp³-hybridized carbons (Fsp3) is 0.231. The van der Waals surface area contributed by atoms with Crippen LogP contribution in [0, 0.1) is 0 Å². The van der Waals surface area contributed by atoms with Crippen molar-refractivity contribution >= 4 is 11.8 Å². The topological polar surface area (TPSA) is 146 Å². The van der Waals surface area contributed by atoms with Crippen LogP contribution in [-0.4, -0.2) is 40.4 Å². The summed E-state index contributed by atoms with van der Waals surface area (Å²) in [4.78, 5) is 22.1. The number of rotatable bonds is 7. The summed E-state index contributed by atoms with van der Waals surface area (Å²) < 4.78 is 10.7. The second-order valence-electron chi connectivity index (χ2n) is 4.23. The van der Waals surface area contributed by atoms with E-state index in [1.807, 2.05) is 0 Å². The van der Waals surface area contributed by atoms with Gasteiger partial charge in [-0.05, 0) is 25.1 Å². The minimum absolute atomic E-state index is 0.0215. The van der Waals surface area contributed by atoms with Crippen LogP contribution in [0.15, 0.2) is 18.2 Å². The molecule has 9 heteroatoms. The van der Waals surface area contributed by atoms with Crippen LogP contribution in [0.1, 0.15) is 17.4 Å². The van der Waals surface area contributed by atoms with Gasteiger partial charge in [-0.3, -0.25) is 9.59 Å². The second kappa shape index (κ2) is 6.57. The fourth-order valence-corrected chi connectivity index (χ4v) is 1.80. The second-order valence-corrected chi connectivity index (χ2v) is 4.23. The Bertz CT molecular complexity index is 697. The number of primary amides is 2. The molecule has 0 bridgehead atoms. The Kier molecular flexibility index (Phi) is 4.57. The summed E-state index contributed by atoms with van der Waals surface area (Å²) in [6, 6.07) is 4.84. The van der Waals surface area contributed by atoms with E-state index in [1.165, 1.54) is 0 Å². The number of hydrogen-bond acceptors (Lipinski definition) is 6. The predicted octanol–water partition coefficient (Wildman–Crippen LogP) is -0.167. The van der Waals surface area contributed by atoms with Gasteiger partial charge in [-0.2, -0.15) is 15.4 Å². The Morgan fingerprint density at radius 2 is 1.95 bits per heavy atom. The van der Waals surface area contributed by atoms with Gasteiger partial charge in [-0.25, -0.2) is 0 Å². The largest absolute Gasteiger partial charge is 0.490 e. The number of carbonyl (C=O) groups excluding carboxylic acids is 2. The Labute approximate surface area is 125 Å². The highest BCUT2D eigenvalue weighted by atomic mass is 16.5. The van der Waals surface area contributed by atoms with E-state index in [0.29, 0.717) is 29.4 Å². The van der Waals surface area contributed by atoms with Crippen molar-refractivity contribution in [2.75, 3.05) is 13.2 Å². The minimum Gasteiger partial charge on any atom is -0.490 e. The van der Waals surface area contributed by atoms with E-state index in [0.717, 1.165) is 0 Å². The number of aromatic nitrogens is 3. The molecule has 0 aliphatic carbocycles. The first-order valence-corrected chi connectivity index (χ1v) is 6.41. The molecule has 22 heavy (non-hydrogen) atoms. The average molecular weight is 305 g/mol. The van der Waals surface area contributed by atoms with Gasteiger partial charge in [0.2, 0.25) is 0 Å². The molecule has 0 radical (unpaired) electrons. The van der Waals surface area contributed by atoms with Crippen molar-refractivity contribution in [3.63, 3.8) is 0 Å². The van der Waals surface area contributed by atoms with Crippen LogP contribution in [0.4, 0.5) is 0 Å². The molecule has 0 aliphatic rings. The van der Waals surface area contributed by atoms with Crippen molar-refractivity contribution in [3.05, 3.63) is 23.9 Å². The van der Waals surface area contributed by atoms with Gasteiger partial charge in [-0.15, -0.1) is 0 Å². The molecular weight excluding hydrogens is 290 g/mol. The molecule has 2 rings (SSSR count). The molecule has 0 unspecified atom stereocenters. The normalized spacial score (nSPS) is 10.2. The molecule has 1 aromatic heterocycles. The van der Waals surface area contributed by atoms with Crippen molar-refractivity contribution in [1.82, 2.24) is 15.4 Å². The number of carbonyl (C=O) groups is 2. The molecule has 1 aromatic carbocycles. The average Bonchev–Trinajstić information content (AvgIpc) is 2.95. The molecular formula is C13H15N5O4. The fourth-order valence-electron chi connectivity index (χ4n) is 1.80. The van der Waals surface area contributed by atoms with Crippen LogP contribution in [0.3, 0.4) is 0 Å². The van der Waals surface area contributed by atoms with Gasteiger partial charge in [-0.1, -0.05) is 0 Å².